The molecule has 0 atom stereocenters. The highest BCUT2D eigenvalue weighted by Gasteiger charge is 2.27. The van der Waals surface area contributed by atoms with Crippen LogP contribution in [0.2, 0.25) is 0 Å². The molecule has 0 saturated carbocycles. The molecule has 0 N–H and O–H groups in total. The Labute approximate surface area is 719 Å². The highest BCUT2D eigenvalue weighted by Crippen LogP contribution is 2.45. The number of hydrogen-bond donors (Lipinski definition) is 0. The number of benzene rings is 14. The molecule has 0 spiro atoms. The van der Waals surface area contributed by atoms with Gasteiger partial charge in [0.2, 0.25) is 0 Å². The Morgan fingerprint density at radius 1 is 0.145 bits per heavy atom. The van der Waals surface area contributed by atoms with Crippen LogP contribution in [0.4, 0.5) is 0 Å². The van der Waals surface area contributed by atoms with E-state index in [4.69, 9.17) is 0 Å². The molecule has 0 aliphatic carbocycles. The smallest absolute Gasteiger partial charge is 0.00675 e. The number of rotatable bonds is 34. The Balaban J connectivity index is 0.000000160. The summed E-state index contributed by atoms with van der Waals surface area (Å²) in [5, 5.41) is 23.6. The fraction of sp³-hybridized carbons (Fsp3) is 0.215. The average Bonchev–Trinajstić information content (AvgIpc) is 0.773. The van der Waals surface area contributed by atoms with Crippen LogP contribution >= 0.6 is 79.2 Å². The van der Waals surface area contributed by atoms with E-state index in [0.717, 1.165) is 0 Å². The van der Waals surface area contributed by atoms with E-state index in [1.807, 2.05) is 0 Å². The van der Waals surface area contributed by atoms with Crippen LogP contribution in [0, 0.1) is 0 Å². The fourth-order valence-corrected chi connectivity index (χ4v) is 39.1. The highest BCUT2D eigenvalue weighted by atomic mass is 31.1. The van der Waals surface area contributed by atoms with Crippen LogP contribution in [0.15, 0.2) is 413 Å². The lowest BCUT2D eigenvalue weighted by molar-refractivity contribution is 1.11. The molecule has 14 aromatic carbocycles. The zero-order valence-electron chi connectivity index (χ0n) is 70.3. The topological polar surface area (TPSA) is 0 Å². The van der Waals surface area contributed by atoms with E-state index in [2.05, 4.69) is 468 Å². The van der Waals surface area contributed by atoms with Crippen molar-refractivity contribution in [3.8, 4) is 0 Å². The van der Waals surface area contributed by atoms with Crippen molar-refractivity contribution >= 4 is 164 Å². The normalized spacial score (nSPS) is 11.2. The third-order valence-electron chi connectivity index (χ3n) is 20.9. The van der Waals surface area contributed by atoms with Gasteiger partial charge in [-0.1, -0.05) is 484 Å². The molecule has 0 aliphatic rings. The van der Waals surface area contributed by atoms with E-state index >= 15 is 0 Å². The first-order chi connectivity index (χ1) is 57.8. The molecule has 0 saturated heterocycles. The van der Waals surface area contributed by atoms with Crippen LogP contribution in [0.5, 0.6) is 0 Å². The summed E-state index contributed by atoms with van der Waals surface area (Å²) in [5.41, 5.74) is 0. The fourth-order valence-electron chi connectivity index (χ4n) is 14.6. The second-order valence-corrected chi connectivity index (χ2v) is 53.5. The third kappa shape index (κ3) is 29.3. The summed E-state index contributed by atoms with van der Waals surface area (Å²) in [7, 11) is -1.61. The van der Waals surface area contributed by atoms with Crippen molar-refractivity contribution in [2.75, 3.05) is 86.3 Å². The van der Waals surface area contributed by atoms with E-state index < -0.39 is 15.8 Å². The molecule has 0 bridgehead atoms. The van der Waals surface area contributed by atoms with Gasteiger partial charge in [-0.05, 0) is 225 Å². The molecule has 0 aliphatic heterocycles. The number of hydrogen-bond acceptors (Lipinski definition) is 0. The molecule has 0 amide bonds. The first-order valence-electron chi connectivity index (χ1n) is 42.2. The summed E-state index contributed by atoms with van der Waals surface area (Å²) in [6.07, 6.45) is 20.4. The second-order valence-electron chi connectivity index (χ2n) is 28.0. The molecule has 0 aromatic heterocycles. The van der Waals surface area contributed by atoms with Gasteiger partial charge >= 0.3 is 0 Å². The van der Waals surface area contributed by atoms with Crippen molar-refractivity contribution in [2.24, 2.45) is 0 Å². The van der Waals surface area contributed by atoms with Gasteiger partial charge in [-0.25, -0.2) is 0 Å². The van der Waals surface area contributed by atoms with Gasteiger partial charge in [-0.2, -0.15) is 0 Å². The van der Waals surface area contributed by atoms with Gasteiger partial charge in [0.1, 0.15) is 0 Å². The lowest BCUT2D eigenvalue weighted by atomic mass is 10.3. The summed E-state index contributed by atoms with van der Waals surface area (Å²) in [6, 6.07) is 151. The van der Waals surface area contributed by atoms with Gasteiger partial charge in [0.15, 0.2) is 0 Å². The zero-order valence-corrected chi connectivity index (χ0v) is 79.3. The Morgan fingerprint density at radius 2 is 0.299 bits per heavy atom. The van der Waals surface area contributed by atoms with Crippen molar-refractivity contribution in [3.05, 3.63) is 413 Å². The van der Waals surface area contributed by atoms with Crippen molar-refractivity contribution in [3.63, 3.8) is 0 Å². The van der Waals surface area contributed by atoms with Gasteiger partial charge in [0, 0.05) is 0 Å². The van der Waals surface area contributed by atoms with Crippen LogP contribution in [0.25, 0.3) is 0 Å². The van der Waals surface area contributed by atoms with E-state index in [0.29, 0.717) is 15.8 Å². The molecule has 0 heterocycles. The summed E-state index contributed by atoms with van der Waals surface area (Å²) < 4.78 is 0. The average molecular weight is 1720 g/mol. The lowest BCUT2D eigenvalue weighted by Gasteiger charge is -2.27. The maximum absolute atomic E-state index is 2.38. The zero-order chi connectivity index (χ0) is 81.7. The van der Waals surface area contributed by atoms with Crippen molar-refractivity contribution < 1.29 is 0 Å². The molecule has 117 heavy (non-hydrogen) atoms. The van der Waals surface area contributed by atoms with Gasteiger partial charge in [0.05, 0.1) is 0 Å². The maximum atomic E-state index is 2.38. The molecule has 14 rings (SSSR count). The van der Waals surface area contributed by atoms with Crippen LogP contribution in [0.1, 0.15) is 61.8 Å². The minimum absolute atomic E-state index is 0.100. The SMILES string of the molecule is CCP(CC)CCP(CC)CC.CCP(CC)c1ccccc1P(CC)CC.c1ccc(P(CCCP(c2ccccc2)c2ccccc2)c2ccccc2)cc1.c1ccc(P(CCP(c2ccccc2)c2ccccc2)c2ccccc2)cc1.c1ccc(P(c2ccccc2)c2ccccc2P(c2ccccc2)c2ccccc2)cc1. The van der Waals surface area contributed by atoms with E-state index in [1.54, 1.807) is 22.9 Å². The predicted octanol–water partition coefficient (Wildman–Crippen LogP) is 24.1. The Kier molecular flexibility index (Phi) is 42.7. The Morgan fingerprint density at radius 3 is 0.470 bits per heavy atom. The van der Waals surface area contributed by atoms with Gasteiger partial charge in [0.25, 0.3) is 0 Å². The summed E-state index contributed by atoms with van der Waals surface area (Å²) in [4.78, 5) is 0. The molecular weight excluding hydrogens is 1590 g/mol. The molecule has 600 valence electrons. The van der Waals surface area contributed by atoms with Crippen LogP contribution in [-0.4, -0.2) is 86.3 Å². The van der Waals surface area contributed by atoms with Crippen LogP contribution in [-0.2, 0) is 0 Å². The molecule has 0 fully saturated rings. The van der Waals surface area contributed by atoms with E-state index in [9.17, 15) is 0 Å². The first-order valence-corrected chi connectivity index (χ1v) is 58.3. The Hall–Kier alpha value is -6.62. The van der Waals surface area contributed by atoms with Crippen LogP contribution < -0.4 is 84.9 Å². The molecule has 10 heteroatoms. The Bertz CT molecular complexity index is 4310. The predicted molar refractivity (Wildman–Crippen MR) is 552 cm³/mol. The third-order valence-corrected chi connectivity index (χ3v) is 47.7. The molecule has 14 aromatic rings. The molecule has 0 unspecified atom stereocenters. The minimum Gasteiger partial charge on any atom is -0.107 e. The van der Waals surface area contributed by atoms with E-state index in [-0.39, 0.29) is 47.5 Å². The summed E-state index contributed by atoms with van der Waals surface area (Å²) in [6.45, 7) is 18.8. The largest absolute Gasteiger partial charge is 0.107 e. The van der Waals surface area contributed by atoms with Crippen molar-refractivity contribution in [1.82, 2.24) is 0 Å². The van der Waals surface area contributed by atoms with Gasteiger partial charge in [-0.15, -0.1) is 15.8 Å². The van der Waals surface area contributed by atoms with Crippen molar-refractivity contribution in [2.45, 2.75) is 61.8 Å². The van der Waals surface area contributed by atoms with Gasteiger partial charge in [-0.3, -0.25) is 0 Å². The van der Waals surface area contributed by atoms with E-state index in [1.165, 1.54) is 155 Å². The second kappa shape index (κ2) is 53.9. The lowest BCUT2D eigenvalue weighted by Crippen LogP contribution is -2.34. The first kappa shape index (κ1) is 92.7. The monoisotopic (exact) mass is 1720 g/mol. The standard InChI is InChI=1S/C30H24P2.C27H26P2.C26H24P2.C14H24P2.C10H24P2/c1-5-15-25(16-6-1)31(26-17-7-2-8-18-26)29-23-13-14-24-30(29)32(27-19-9-3-10-20-27)28-21-11-4-12-22-28;1-5-14-24(15-6-1)28(25-16-7-2-8-17-25)22-13-23-29(26-18-9-3-10-19-26)27-20-11-4-12-21-27;1-5-13-23(14-6-1)27(24-15-7-2-8-16-24)21-22-28(25-17-9-3-10-18-25)26-19-11-4-12-20-26;1-5-15(6-2)13-11-9-10-12-14(13)16(7-3)8-4;1-5-11(6-2)9-10-12(7-3)8-4/h1-24H;1-12,14-21H,13,22-23H2;1-20H,21-22H2;9-12H,5-8H2,1-4H3;5-10H2,1-4H3. The minimum atomic E-state index is -0.664. The summed E-state index contributed by atoms with van der Waals surface area (Å²) >= 11 is 0. The quantitative estimate of drug-likeness (QED) is 0.0353. The maximum Gasteiger partial charge on any atom is -0.00675 e. The van der Waals surface area contributed by atoms with Gasteiger partial charge < -0.3 is 0 Å². The molecule has 0 nitrogen and oxygen atoms in total. The summed E-state index contributed by atoms with van der Waals surface area (Å²) in [5.74, 6) is 0. The van der Waals surface area contributed by atoms with Crippen LogP contribution in [0.3, 0.4) is 0 Å². The molecular formula is C107H122P10. The molecule has 0 radical (unpaired) electrons. The highest BCUT2D eigenvalue weighted by molar-refractivity contribution is 7.85. The van der Waals surface area contributed by atoms with Crippen molar-refractivity contribution in [1.29, 1.82) is 0 Å².